The lowest BCUT2D eigenvalue weighted by molar-refractivity contribution is 0.561. The Hall–Kier alpha value is -1.56. The van der Waals surface area contributed by atoms with Crippen molar-refractivity contribution >= 4 is 22.8 Å². The molecule has 0 aliphatic heterocycles. The molecule has 0 bridgehead atoms. The molecule has 0 fully saturated rings. The summed E-state index contributed by atoms with van der Waals surface area (Å²) in [7, 11) is 1.75. The molecule has 0 amide bonds. The smallest absolute Gasteiger partial charge is 0.324 e. The predicted octanol–water partition coefficient (Wildman–Crippen LogP) is 1.46. The molecule has 0 saturated heterocycles. The zero-order chi connectivity index (χ0) is 14.9. The van der Waals surface area contributed by atoms with Gasteiger partial charge in [-0.05, 0) is 13.3 Å². The summed E-state index contributed by atoms with van der Waals surface area (Å²) in [5.41, 5.74) is 0.291. The van der Waals surface area contributed by atoms with Crippen LogP contribution in [0.5, 0.6) is 0 Å². The largest absolute Gasteiger partial charge is 0.332 e. The Bertz CT molecular complexity index is 741. The van der Waals surface area contributed by atoms with Crippen molar-refractivity contribution in [1.82, 2.24) is 18.7 Å². The van der Waals surface area contributed by atoms with Gasteiger partial charge in [0.15, 0.2) is 11.2 Å². The van der Waals surface area contributed by atoms with Crippen LogP contribution in [0.2, 0.25) is 0 Å². The molecule has 20 heavy (non-hydrogen) atoms. The van der Waals surface area contributed by atoms with Gasteiger partial charge < -0.3 is 4.57 Å². The van der Waals surface area contributed by atoms with Crippen LogP contribution in [-0.4, -0.2) is 18.7 Å². The van der Waals surface area contributed by atoms with E-state index in [1.54, 1.807) is 23.1 Å². The van der Waals surface area contributed by atoms with Gasteiger partial charge in [-0.25, -0.2) is 9.78 Å². The van der Waals surface area contributed by atoms with E-state index in [0.717, 1.165) is 12.8 Å². The van der Waals surface area contributed by atoms with Crippen LogP contribution < -0.4 is 11.2 Å². The summed E-state index contributed by atoms with van der Waals surface area (Å²) in [5.74, 6) is 0.802. The normalized spacial score (nSPS) is 11.4. The quantitative estimate of drug-likeness (QED) is 0.785. The first-order valence-corrected chi connectivity index (χ1v) is 7.35. The van der Waals surface area contributed by atoms with Gasteiger partial charge >= 0.3 is 5.69 Å². The lowest BCUT2D eigenvalue weighted by Gasteiger charge is -2.09. The topological polar surface area (TPSA) is 61.8 Å². The predicted molar refractivity (Wildman–Crippen MR) is 79.4 cm³/mol. The van der Waals surface area contributed by atoms with E-state index in [-0.39, 0.29) is 17.1 Å². The van der Waals surface area contributed by atoms with Crippen molar-refractivity contribution in [2.24, 2.45) is 7.05 Å². The number of aromatic nitrogens is 4. The fourth-order valence-electron chi connectivity index (χ4n) is 2.32. The Labute approximate surface area is 121 Å². The molecule has 0 aromatic carbocycles. The Morgan fingerprint density at radius 2 is 1.90 bits per heavy atom. The average Bonchev–Trinajstić information content (AvgIpc) is 2.76. The maximum atomic E-state index is 12.4. The first-order valence-electron chi connectivity index (χ1n) is 6.81. The molecule has 0 aliphatic rings. The fourth-order valence-corrected chi connectivity index (χ4v) is 2.56. The second kappa shape index (κ2) is 5.83. The van der Waals surface area contributed by atoms with Gasteiger partial charge in [0.1, 0.15) is 5.82 Å². The van der Waals surface area contributed by atoms with E-state index in [4.69, 9.17) is 11.6 Å². The van der Waals surface area contributed by atoms with Crippen molar-refractivity contribution < 1.29 is 0 Å². The standard InChI is InChI=1S/C13H19ClN4O2/c1-4-6-7-18-11-10(16(3)9(8-14)15-11)12(19)17(5-2)13(18)20/h4-8H2,1-3H3. The van der Waals surface area contributed by atoms with Crippen molar-refractivity contribution in [2.75, 3.05) is 0 Å². The zero-order valence-corrected chi connectivity index (χ0v) is 12.8. The minimum atomic E-state index is -0.299. The van der Waals surface area contributed by atoms with Crippen LogP contribution in [0.4, 0.5) is 0 Å². The lowest BCUT2D eigenvalue weighted by Crippen LogP contribution is -2.40. The van der Waals surface area contributed by atoms with Gasteiger partial charge in [-0.3, -0.25) is 13.9 Å². The van der Waals surface area contributed by atoms with Gasteiger partial charge in [0.05, 0.1) is 5.88 Å². The lowest BCUT2D eigenvalue weighted by atomic mass is 10.3. The van der Waals surface area contributed by atoms with Crippen LogP contribution >= 0.6 is 11.6 Å². The number of hydrogen-bond donors (Lipinski definition) is 0. The Morgan fingerprint density at radius 1 is 1.20 bits per heavy atom. The minimum Gasteiger partial charge on any atom is -0.324 e. The van der Waals surface area contributed by atoms with E-state index in [2.05, 4.69) is 11.9 Å². The molecule has 0 N–H and O–H groups in total. The summed E-state index contributed by atoms with van der Waals surface area (Å²) < 4.78 is 4.51. The van der Waals surface area contributed by atoms with Crippen molar-refractivity contribution in [3.8, 4) is 0 Å². The Balaban J connectivity index is 2.88. The van der Waals surface area contributed by atoms with E-state index in [0.29, 0.717) is 30.1 Å². The van der Waals surface area contributed by atoms with Crippen LogP contribution in [0.3, 0.4) is 0 Å². The number of imidazole rings is 1. The maximum absolute atomic E-state index is 12.4. The van der Waals surface area contributed by atoms with Crippen molar-refractivity contribution in [3.05, 3.63) is 26.7 Å². The van der Waals surface area contributed by atoms with E-state index >= 15 is 0 Å². The monoisotopic (exact) mass is 298 g/mol. The molecule has 0 spiro atoms. The highest BCUT2D eigenvalue weighted by atomic mass is 35.5. The van der Waals surface area contributed by atoms with Crippen LogP contribution in [0.1, 0.15) is 32.5 Å². The summed E-state index contributed by atoms with van der Waals surface area (Å²) in [4.78, 5) is 29.2. The molecular formula is C13H19ClN4O2. The summed E-state index contributed by atoms with van der Waals surface area (Å²) in [6.45, 7) is 4.75. The van der Waals surface area contributed by atoms with Crippen LogP contribution in [0.15, 0.2) is 9.59 Å². The summed E-state index contributed by atoms with van der Waals surface area (Å²) in [6, 6.07) is 0. The SMILES string of the molecule is CCCCn1c(=O)n(CC)c(=O)c2c1nc(CCl)n2C. The minimum absolute atomic E-state index is 0.207. The van der Waals surface area contributed by atoms with E-state index in [1.807, 2.05) is 0 Å². The highest BCUT2D eigenvalue weighted by molar-refractivity contribution is 6.16. The van der Waals surface area contributed by atoms with Crippen molar-refractivity contribution in [1.29, 1.82) is 0 Å². The zero-order valence-electron chi connectivity index (χ0n) is 12.0. The summed E-state index contributed by atoms with van der Waals surface area (Å²) in [5, 5.41) is 0. The molecule has 7 heteroatoms. The Kier molecular flexibility index (Phi) is 4.32. The molecular weight excluding hydrogens is 280 g/mol. The van der Waals surface area contributed by atoms with Crippen LogP contribution in [0, 0.1) is 0 Å². The molecule has 0 aliphatic carbocycles. The second-order valence-corrected chi connectivity index (χ2v) is 5.00. The number of hydrogen-bond acceptors (Lipinski definition) is 3. The third-order valence-corrected chi connectivity index (χ3v) is 3.74. The van der Waals surface area contributed by atoms with E-state index < -0.39 is 0 Å². The average molecular weight is 299 g/mol. The summed E-state index contributed by atoms with van der Waals surface area (Å²) in [6.07, 6.45) is 1.83. The number of halogens is 1. The molecule has 6 nitrogen and oxygen atoms in total. The van der Waals surface area contributed by atoms with Crippen LogP contribution in [-0.2, 0) is 26.0 Å². The molecule has 110 valence electrons. The number of unbranched alkanes of at least 4 members (excludes halogenated alkanes) is 1. The molecule has 2 rings (SSSR count). The molecule has 2 aromatic rings. The number of rotatable bonds is 5. The van der Waals surface area contributed by atoms with Crippen LogP contribution in [0.25, 0.3) is 11.2 Å². The Morgan fingerprint density at radius 3 is 2.45 bits per heavy atom. The third-order valence-electron chi connectivity index (χ3n) is 3.51. The molecule has 0 unspecified atom stereocenters. The first-order chi connectivity index (χ1) is 9.56. The highest BCUT2D eigenvalue weighted by Crippen LogP contribution is 2.12. The number of nitrogens with zero attached hydrogens (tertiary/aromatic N) is 4. The maximum Gasteiger partial charge on any atom is 0.332 e. The van der Waals surface area contributed by atoms with Gasteiger partial charge in [-0.15, -0.1) is 11.6 Å². The van der Waals surface area contributed by atoms with Crippen molar-refractivity contribution in [3.63, 3.8) is 0 Å². The van der Waals surface area contributed by atoms with Gasteiger partial charge in [-0.2, -0.15) is 0 Å². The van der Waals surface area contributed by atoms with Gasteiger partial charge in [-0.1, -0.05) is 13.3 Å². The molecule has 0 saturated carbocycles. The first kappa shape index (κ1) is 14.8. The number of aryl methyl sites for hydroxylation is 2. The van der Waals surface area contributed by atoms with Crippen molar-refractivity contribution in [2.45, 2.75) is 45.7 Å². The third kappa shape index (κ3) is 2.18. The van der Waals surface area contributed by atoms with E-state index in [1.165, 1.54) is 4.57 Å². The van der Waals surface area contributed by atoms with Gasteiger partial charge in [0.2, 0.25) is 0 Å². The molecule has 0 radical (unpaired) electrons. The fraction of sp³-hybridized carbons (Fsp3) is 0.615. The van der Waals surface area contributed by atoms with Gasteiger partial charge in [0, 0.05) is 20.1 Å². The number of alkyl halides is 1. The molecule has 2 aromatic heterocycles. The highest BCUT2D eigenvalue weighted by Gasteiger charge is 2.18. The molecule has 0 atom stereocenters. The number of fused-ring (bicyclic) bond motifs is 1. The molecule has 2 heterocycles. The summed E-state index contributed by atoms with van der Waals surface area (Å²) >= 11 is 5.85. The van der Waals surface area contributed by atoms with E-state index in [9.17, 15) is 9.59 Å². The second-order valence-electron chi connectivity index (χ2n) is 4.73. The van der Waals surface area contributed by atoms with Gasteiger partial charge in [0.25, 0.3) is 5.56 Å².